The molecule has 1 nitrogen and oxygen atoms in total. The molecule has 0 aromatic heterocycles. The number of nitrogens with one attached hydrogen (secondary N) is 1. The van der Waals surface area contributed by atoms with Crippen LogP contribution in [0.25, 0.3) is 6.08 Å². The number of hydrogen-bond acceptors (Lipinski definition) is 1. The molecule has 0 saturated carbocycles. The second kappa shape index (κ2) is 7.27. The maximum absolute atomic E-state index is 13.6. The first kappa shape index (κ1) is 14.8. The van der Waals surface area contributed by atoms with Crippen LogP contribution in [-0.4, -0.2) is 13.1 Å². The molecule has 0 saturated heterocycles. The lowest BCUT2D eigenvalue weighted by molar-refractivity contribution is 0.581. The summed E-state index contributed by atoms with van der Waals surface area (Å²) in [5.74, 6) is -0.720. The highest BCUT2D eigenvalue weighted by Crippen LogP contribution is 2.17. The van der Waals surface area contributed by atoms with Gasteiger partial charge in [0.1, 0.15) is 11.6 Å². The molecule has 3 heteroatoms. The predicted molar refractivity (Wildman–Crippen MR) is 72.3 cm³/mol. The lowest BCUT2D eigenvalue weighted by atomic mass is 10.00. The fourth-order valence-corrected chi connectivity index (χ4v) is 1.65. The second-order valence-electron chi connectivity index (χ2n) is 4.72. The van der Waals surface area contributed by atoms with Gasteiger partial charge in [-0.3, -0.25) is 0 Å². The van der Waals surface area contributed by atoms with Crippen molar-refractivity contribution in [3.8, 4) is 0 Å². The highest BCUT2D eigenvalue weighted by molar-refractivity contribution is 5.54. The van der Waals surface area contributed by atoms with Gasteiger partial charge in [-0.2, -0.15) is 0 Å². The van der Waals surface area contributed by atoms with Crippen molar-refractivity contribution in [2.75, 3.05) is 13.1 Å². The first-order valence-corrected chi connectivity index (χ1v) is 6.40. The minimum Gasteiger partial charge on any atom is -0.313 e. The minimum atomic E-state index is -0.542. The van der Waals surface area contributed by atoms with Gasteiger partial charge in [-0.1, -0.05) is 32.4 Å². The molecule has 0 heterocycles. The maximum Gasteiger partial charge on any atom is 0.133 e. The van der Waals surface area contributed by atoms with Gasteiger partial charge in [-0.05, 0) is 31.0 Å². The van der Waals surface area contributed by atoms with Gasteiger partial charge in [0.15, 0.2) is 0 Å². The third-order valence-electron chi connectivity index (χ3n) is 2.80. The Morgan fingerprint density at radius 1 is 1.33 bits per heavy atom. The first-order chi connectivity index (χ1) is 8.54. The van der Waals surface area contributed by atoms with E-state index in [1.165, 1.54) is 12.1 Å². The molecule has 0 unspecified atom stereocenters. The molecular weight excluding hydrogens is 232 g/mol. The Kier molecular flexibility index (Phi) is 5.99. The third-order valence-corrected chi connectivity index (χ3v) is 2.80. The Hall–Kier alpha value is -1.22. The van der Waals surface area contributed by atoms with Crippen LogP contribution in [0.5, 0.6) is 0 Å². The second-order valence-corrected chi connectivity index (χ2v) is 4.72. The van der Waals surface area contributed by atoms with E-state index < -0.39 is 11.6 Å². The molecule has 0 fully saturated rings. The van der Waals surface area contributed by atoms with Crippen molar-refractivity contribution in [2.45, 2.75) is 27.2 Å². The van der Waals surface area contributed by atoms with Gasteiger partial charge >= 0.3 is 0 Å². The number of halogens is 2. The van der Waals surface area contributed by atoms with Crippen LogP contribution in [0.3, 0.4) is 0 Å². The van der Waals surface area contributed by atoms with Crippen LogP contribution in [0, 0.1) is 17.6 Å². The van der Waals surface area contributed by atoms with E-state index >= 15 is 0 Å². The highest BCUT2D eigenvalue weighted by Gasteiger charge is 2.06. The highest BCUT2D eigenvalue weighted by atomic mass is 19.1. The van der Waals surface area contributed by atoms with Crippen LogP contribution in [0.15, 0.2) is 23.8 Å². The molecule has 0 radical (unpaired) electrons. The van der Waals surface area contributed by atoms with Crippen LogP contribution in [0.1, 0.15) is 32.8 Å². The van der Waals surface area contributed by atoms with Crippen molar-refractivity contribution in [1.29, 1.82) is 0 Å². The third kappa shape index (κ3) is 4.57. The van der Waals surface area contributed by atoms with E-state index in [0.29, 0.717) is 11.5 Å². The normalized spacial score (nSPS) is 12.2. The van der Waals surface area contributed by atoms with E-state index in [-0.39, 0.29) is 0 Å². The van der Waals surface area contributed by atoms with Gasteiger partial charge in [0.25, 0.3) is 0 Å². The van der Waals surface area contributed by atoms with Gasteiger partial charge < -0.3 is 5.32 Å². The average Bonchev–Trinajstić information content (AvgIpc) is 2.30. The molecule has 0 aliphatic rings. The summed E-state index contributed by atoms with van der Waals surface area (Å²) in [6.07, 6.45) is 2.87. The summed E-state index contributed by atoms with van der Waals surface area (Å²) in [6, 6.07) is 3.68. The largest absolute Gasteiger partial charge is 0.313 e. The van der Waals surface area contributed by atoms with E-state index in [4.69, 9.17) is 0 Å². The number of benzene rings is 1. The van der Waals surface area contributed by atoms with Gasteiger partial charge in [-0.15, -0.1) is 0 Å². The Morgan fingerprint density at radius 2 is 2.06 bits per heavy atom. The standard InChI is InChI=1S/C15H21F2N/c1-4-7-18-10-13(11(2)3)8-12-5-6-14(16)9-15(12)17/h5-6,8-9,11,18H,4,7,10H2,1-3H3. The van der Waals surface area contributed by atoms with Crippen molar-refractivity contribution in [3.05, 3.63) is 41.0 Å². The molecule has 18 heavy (non-hydrogen) atoms. The molecule has 0 aliphatic heterocycles. The molecule has 1 aromatic carbocycles. The molecule has 1 N–H and O–H groups in total. The summed E-state index contributed by atoms with van der Waals surface area (Å²) in [4.78, 5) is 0. The summed E-state index contributed by atoms with van der Waals surface area (Å²) >= 11 is 0. The van der Waals surface area contributed by atoms with E-state index in [1.807, 2.05) is 6.08 Å². The zero-order chi connectivity index (χ0) is 13.5. The van der Waals surface area contributed by atoms with Crippen molar-refractivity contribution in [2.24, 2.45) is 5.92 Å². The van der Waals surface area contributed by atoms with Crippen molar-refractivity contribution >= 4 is 6.08 Å². The monoisotopic (exact) mass is 253 g/mol. The Labute approximate surface area is 108 Å². The van der Waals surface area contributed by atoms with Crippen LogP contribution < -0.4 is 5.32 Å². The number of rotatable bonds is 6. The topological polar surface area (TPSA) is 12.0 Å². The van der Waals surface area contributed by atoms with E-state index in [2.05, 4.69) is 26.1 Å². The molecule has 1 rings (SSSR count). The van der Waals surface area contributed by atoms with Crippen LogP contribution >= 0.6 is 0 Å². The fraction of sp³-hybridized carbons (Fsp3) is 0.467. The SMILES string of the molecule is CCCNCC(=Cc1ccc(F)cc1F)C(C)C. The van der Waals surface area contributed by atoms with Crippen LogP contribution in [-0.2, 0) is 0 Å². The zero-order valence-corrected chi connectivity index (χ0v) is 11.3. The van der Waals surface area contributed by atoms with Gasteiger partial charge in [0, 0.05) is 18.2 Å². The lowest BCUT2D eigenvalue weighted by Crippen LogP contribution is -2.20. The van der Waals surface area contributed by atoms with E-state index in [1.54, 1.807) is 0 Å². The Balaban J connectivity index is 2.86. The van der Waals surface area contributed by atoms with Crippen LogP contribution in [0.4, 0.5) is 8.78 Å². The molecule has 0 amide bonds. The van der Waals surface area contributed by atoms with Crippen molar-refractivity contribution in [1.82, 2.24) is 5.32 Å². The summed E-state index contributed by atoms with van der Waals surface area (Å²) in [5, 5.41) is 3.30. The first-order valence-electron chi connectivity index (χ1n) is 6.40. The molecule has 0 spiro atoms. The molecule has 0 bridgehead atoms. The average molecular weight is 253 g/mol. The lowest BCUT2D eigenvalue weighted by Gasteiger charge is -2.13. The Morgan fingerprint density at radius 3 is 2.61 bits per heavy atom. The van der Waals surface area contributed by atoms with Crippen LogP contribution in [0.2, 0.25) is 0 Å². The summed E-state index contributed by atoms with van der Waals surface area (Å²) in [5.41, 5.74) is 1.56. The smallest absolute Gasteiger partial charge is 0.133 e. The quantitative estimate of drug-likeness (QED) is 0.755. The molecule has 1 aromatic rings. The Bertz CT molecular complexity index is 411. The molecule has 100 valence electrons. The minimum absolute atomic E-state index is 0.332. The molecular formula is C15H21F2N. The molecule has 0 atom stereocenters. The van der Waals surface area contributed by atoms with E-state index in [9.17, 15) is 8.78 Å². The summed E-state index contributed by atoms with van der Waals surface area (Å²) < 4.78 is 26.4. The van der Waals surface area contributed by atoms with Crippen molar-refractivity contribution in [3.63, 3.8) is 0 Å². The molecule has 0 aliphatic carbocycles. The summed E-state index contributed by atoms with van der Waals surface area (Å²) in [7, 11) is 0. The maximum atomic E-state index is 13.6. The van der Waals surface area contributed by atoms with Crippen molar-refractivity contribution < 1.29 is 8.78 Å². The fourth-order valence-electron chi connectivity index (χ4n) is 1.65. The van der Waals surface area contributed by atoms with E-state index in [0.717, 1.165) is 31.1 Å². The number of hydrogen-bond donors (Lipinski definition) is 1. The van der Waals surface area contributed by atoms with Gasteiger partial charge in [-0.25, -0.2) is 8.78 Å². The van der Waals surface area contributed by atoms with Gasteiger partial charge in [0.05, 0.1) is 0 Å². The summed E-state index contributed by atoms with van der Waals surface area (Å²) in [6.45, 7) is 7.92. The van der Waals surface area contributed by atoms with Gasteiger partial charge in [0.2, 0.25) is 0 Å². The predicted octanol–water partition coefficient (Wildman–Crippen LogP) is 4.00. The zero-order valence-electron chi connectivity index (χ0n) is 11.3.